The zero-order valence-corrected chi connectivity index (χ0v) is 21.6. The third kappa shape index (κ3) is 5.43. The zero-order chi connectivity index (χ0) is 22.7. The number of piperazine rings is 1. The maximum atomic E-state index is 13.3. The van der Waals surface area contributed by atoms with E-state index in [0.29, 0.717) is 19.6 Å². The Morgan fingerprint density at radius 2 is 1.31 bits per heavy atom. The van der Waals surface area contributed by atoms with E-state index in [9.17, 15) is 4.79 Å². The number of benzene rings is 3. The molecule has 0 atom stereocenters. The van der Waals surface area contributed by atoms with Gasteiger partial charge in [0.1, 0.15) is 5.75 Å². The maximum Gasteiger partial charge on any atom is 0.224 e. The highest BCUT2D eigenvalue weighted by Crippen LogP contribution is 2.41. The van der Waals surface area contributed by atoms with Gasteiger partial charge in [-0.25, -0.2) is 0 Å². The van der Waals surface area contributed by atoms with E-state index in [4.69, 9.17) is 4.74 Å². The predicted molar refractivity (Wildman–Crippen MR) is 146 cm³/mol. The minimum Gasteiger partial charge on any atom is -0.495 e. The van der Waals surface area contributed by atoms with E-state index in [1.54, 1.807) is 7.11 Å². The molecule has 0 radical (unpaired) electrons. The van der Waals surface area contributed by atoms with Crippen LogP contribution in [0.15, 0.2) is 84.9 Å². The third-order valence-corrected chi connectivity index (χ3v) is 7.09. The van der Waals surface area contributed by atoms with Crippen molar-refractivity contribution in [2.45, 2.75) is 11.8 Å². The SMILES string of the molecule is COc1ccccc1N1CCN(CN2CC(c3ccccc3)(c3ccccc3)CC2=O)CC1.Cl.Cl. The number of halogens is 2. The molecule has 7 heteroatoms. The fraction of sp³-hybridized carbons (Fsp3) is 0.321. The number of ether oxygens (including phenoxy) is 1. The van der Waals surface area contributed by atoms with E-state index < -0.39 is 0 Å². The van der Waals surface area contributed by atoms with Crippen LogP contribution >= 0.6 is 24.8 Å². The van der Waals surface area contributed by atoms with Gasteiger partial charge in [0.25, 0.3) is 0 Å². The molecule has 0 saturated carbocycles. The van der Waals surface area contributed by atoms with Gasteiger partial charge < -0.3 is 14.5 Å². The number of nitrogens with zero attached hydrogens (tertiary/aromatic N) is 3. The Bertz CT molecular complexity index is 1050. The summed E-state index contributed by atoms with van der Waals surface area (Å²) in [4.78, 5) is 20.1. The van der Waals surface area contributed by atoms with E-state index >= 15 is 0 Å². The van der Waals surface area contributed by atoms with Crippen molar-refractivity contribution < 1.29 is 9.53 Å². The molecule has 0 bridgehead atoms. The van der Waals surface area contributed by atoms with Crippen LogP contribution < -0.4 is 9.64 Å². The van der Waals surface area contributed by atoms with Gasteiger partial charge in [0.15, 0.2) is 0 Å². The molecule has 5 rings (SSSR count). The van der Waals surface area contributed by atoms with E-state index in [0.717, 1.165) is 37.6 Å². The normalized spacial score (nSPS) is 17.5. The molecule has 186 valence electrons. The van der Waals surface area contributed by atoms with Gasteiger partial charge in [-0.1, -0.05) is 72.8 Å². The predicted octanol–water partition coefficient (Wildman–Crippen LogP) is 4.84. The molecule has 3 aromatic rings. The minimum absolute atomic E-state index is 0. The highest BCUT2D eigenvalue weighted by atomic mass is 35.5. The molecule has 35 heavy (non-hydrogen) atoms. The van der Waals surface area contributed by atoms with Crippen molar-refractivity contribution in [1.82, 2.24) is 9.80 Å². The van der Waals surface area contributed by atoms with Crippen molar-refractivity contribution in [3.8, 4) is 5.75 Å². The average molecular weight is 514 g/mol. The Labute approximate surface area is 220 Å². The van der Waals surface area contributed by atoms with Gasteiger partial charge in [-0.2, -0.15) is 0 Å². The quantitative estimate of drug-likeness (QED) is 0.472. The number of hydrogen-bond acceptors (Lipinski definition) is 4. The number of rotatable bonds is 6. The number of carbonyl (C=O) groups is 1. The second kappa shape index (κ2) is 11.8. The van der Waals surface area contributed by atoms with Gasteiger partial charge in [-0.05, 0) is 23.3 Å². The average Bonchev–Trinajstić information content (AvgIpc) is 3.22. The molecular weight excluding hydrogens is 481 g/mol. The van der Waals surface area contributed by atoms with Gasteiger partial charge in [-0.15, -0.1) is 24.8 Å². The van der Waals surface area contributed by atoms with Crippen molar-refractivity contribution >= 4 is 36.4 Å². The molecule has 0 unspecified atom stereocenters. The van der Waals surface area contributed by atoms with Crippen LogP contribution in [0.3, 0.4) is 0 Å². The van der Waals surface area contributed by atoms with Crippen LogP contribution in [0.1, 0.15) is 17.5 Å². The molecule has 1 amide bonds. The van der Waals surface area contributed by atoms with Gasteiger partial charge in [-0.3, -0.25) is 9.69 Å². The van der Waals surface area contributed by atoms with Crippen molar-refractivity contribution in [2.75, 3.05) is 51.4 Å². The summed E-state index contributed by atoms with van der Waals surface area (Å²) in [6.45, 7) is 5.08. The number of para-hydroxylation sites is 2. The fourth-order valence-electron chi connectivity index (χ4n) is 5.30. The standard InChI is InChI=1S/C28H31N3O2.2ClH/c1-33-26-15-9-8-14-25(26)30-18-16-29(17-19-30)22-31-21-28(20-27(31)32,23-10-4-2-5-11-23)24-12-6-3-7-13-24;;/h2-15H,16-22H2,1H3;2*1H. The van der Waals surface area contributed by atoms with Gasteiger partial charge in [0.05, 0.1) is 19.5 Å². The molecule has 5 nitrogen and oxygen atoms in total. The lowest BCUT2D eigenvalue weighted by molar-refractivity contribution is -0.129. The second-order valence-corrected chi connectivity index (χ2v) is 9.00. The first-order valence-electron chi connectivity index (χ1n) is 11.7. The lowest BCUT2D eigenvalue weighted by Crippen LogP contribution is -2.50. The van der Waals surface area contributed by atoms with E-state index in [1.807, 2.05) is 24.3 Å². The van der Waals surface area contributed by atoms with E-state index in [-0.39, 0.29) is 36.1 Å². The van der Waals surface area contributed by atoms with Crippen LogP contribution in [0.5, 0.6) is 5.75 Å². The third-order valence-electron chi connectivity index (χ3n) is 7.09. The summed E-state index contributed by atoms with van der Waals surface area (Å²) in [6.07, 6.45) is 0.516. The first-order chi connectivity index (χ1) is 16.2. The van der Waals surface area contributed by atoms with E-state index in [1.165, 1.54) is 11.1 Å². The number of carbonyl (C=O) groups excluding carboxylic acids is 1. The van der Waals surface area contributed by atoms with Gasteiger partial charge in [0, 0.05) is 44.6 Å². The molecule has 0 aromatic heterocycles. The van der Waals surface area contributed by atoms with Crippen molar-refractivity contribution in [2.24, 2.45) is 0 Å². The van der Waals surface area contributed by atoms with Crippen LogP contribution in [0.4, 0.5) is 5.69 Å². The smallest absolute Gasteiger partial charge is 0.224 e. The van der Waals surface area contributed by atoms with Crippen molar-refractivity contribution in [3.05, 3.63) is 96.1 Å². The monoisotopic (exact) mass is 513 g/mol. The summed E-state index contributed by atoms with van der Waals surface area (Å²) < 4.78 is 5.55. The molecule has 2 saturated heterocycles. The Hall–Kier alpha value is -2.73. The summed E-state index contributed by atoms with van der Waals surface area (Å²) in [5.74, 6) is 1.14. The molecule has 2 heterocycles. The summed E-state index contributed by atoms with van der Waals surface area (Å²) in [6, 6.07) is 29.2. The van der Waals surface area contributed by atoms with Crippen molar-refractivity contribution in [1.29, 1.82) is 0 Å². The Morgan fingerprint density at radius 3 is 1.89 bits per heavy atom. The lowest BCUT2D eigenvalue weighted by Gasteiger charge is -2.38. The van der Waals surface area contributed by atoms with Crippen LogP contribution in [-0.4, -0.2) is 62.2 Å². The number of methoxy groups -OCH3 is 1. The second-order valence-electron chi connectivity index (χ2n) is 9.00. The van der Waals surface area contributed by atoms with Gasteiger partial charge in [0.2, 0.25) is 5.91 Å². The molecule has 2 aliphatic rings. The summed E-state index contributed by atoms with van der Waals surface area (Å²) in [5, 5.41) is 0. The van der Waals surface area contributed by atoms with Crippen LogP contribution in [0.2, 0.25) is 0 Å². The maximum absolute atomic E-state index is 13.3. The topological polar surface area (TPSA) is 36.0 Å². The summed E-state index contributed by atoms with van der Waals surface area (Å²) in [5.41, 5.74) is 3.28. The summed E-state index contributed by atoms with van der Waals surface area (Å²) >= 11 is 0. The van der Waals surface area contributed by atoms with Gasteiger partial charge >= 0.3 is 0 Å². The van der Waals surface area contributed by atoms with Crippen LogP contribution in [0, 0.1) is 0 Å². The summed E-state index contributed by atoms with van der Waals surface area (Å²) in [7, 11) is 1.72. The molecule has 3 aromatic carbocycles. The minimum atomic E-state index is -0.293. The zero-order valence-electron chi connectivity index (χ0n) is 20.0. The highest BCUT2D eigenvalue weighted by Gasteiger charge is 2.46. The molecule has 0 aliphatic carbocycles. The lowest BCUT2D eigenvalue weighted by atomic mass is 9.74. The number of hydrogen-bond donors (Lipinski definition) is 0. The molecule has 2 fully saturated rings. The Balaban J connectivity index is 0.00000171. The Kier molecular flexibility index (Phi) is 9.06. The highest BCUT2D eigenvalue weighted by molar-refractivity contribution is 5.85. The number of anilines is 1. The molecule has 0 spiro atoms. The first kappa shape index (κ1) is 26.9. The number of amides is 1. The number of likely N-dealkylation sites (tertiary alicyclic amines) is 1. The molecule has 2 aliphatic heterocycles. The Morgan fingerprint density at radius 1 is 0.771 bits per heavy atom. The molecule has 0 N–H and O–H groups in total. The van der Waals surface area contributed by atoms with E-state index in [2.05, 4.69) is 75.4 Å². The van der Waals surface area contributed by atoms with Crippen LogP contribution in [0.25, 0.3) is 0 Å². The van der Waals surface area contributed by atoms with Crippen LogP contribution in [-0.2, 0) is 10.2 Å². The first-order valence-corrected chi connectivity index (χ1v) is 11.7. The molecular formula is C28H33Cl2N3O2. The van der Waals surface area contributed by atoms with Crippen molar-refractivity contribution in [3.63, 3.8) is 0 Å². The largest absolute Gasteiger partial charge is 0.495 e. The fourth-order valence-corrected chi connectivity index (χ4v) is 5.30.